The Morgan fingerprint density at radius 2 is 2.00 bits per heavy atom. The van der Waals surface area contributed by atoms with E-state index in [0.29, 0.717) is 23.9 Å². The fourth-order valence-corrected chi connectivity index (χ4v) is 5.97. The molecule has 2 heteroatoms. The van der Waals surface area contributed by atoms with Crippen LogP contribution < -0.4 is 0 Å². The third-order valence-electron chi connectivity index (χ3n) is 7.28. The van der Waals surface area contributed by atoms with E-state index < -0.39 is 0 Å². The van der Waals surface area contributed by atoms with Gasteiger partial charge in [0.05, 0.1) is 12.0 Å². The van der Waals surface area contributed by atoms with Crippen molar-refractivity contribution in [2.45, 2.75) is 58.8 Å². The minimum Gasteiger partial charge on any atom is -0.465 e. The van der Waals surface area contributed by atoms with Gasteiger partial charge in [0.2, 0.25) is 0 Å². The second-order valence-corrected chi connectivity index (χ2v) is 8.01. The molecule has 2 saturated carbocycles. The van der Waals surface area contributed by atoms with Gasteiger partial charge < -0.3 is 4.74 Å². The summed E-state index contributed by atoms with van der Waals surface area (Å²) in [5.74, 6) is 2.06. The maximum atomic E-state index is 12.1. The SMILES string of the molecule is C[C@]12CCCC=C1CC[C@@H]1[C@H]2CC[C@]2(C)C(=O)OC[C@@H]12. The highest BCUT2D eigenvalue weighted by atomic mass is 16.5. The van der Waals surface area contributed by atoms with E-state index in [1.807, 2.05) is 0 Å². The van der Waals surface area contributed by atoms with Gasteiger partial charge in [0.1, 0.15) is 0 Å². The summed E-state index contributed by atoms with van der Waals surface area (Å²) in [4.78, 5) is 12.1. The van der Waals surface area contributed by atoms with Crippen molar-refractivity contribution in [2.75, 3.05) is 6.61 Å². The molecule has 0 aromatic rings. The Hall–Kier alpha value is -0.790. The maximum absolute atomic E-state index is 12.1. The van der Waals surface area contributed by atoms with Crippen molar-refractivity contribution < 1.29 is 9.53 Å². The van der Waals surface area contributed by atoms with Crippen molar-refractivity contribution in [1.82, 2.24) is 0 Å². The Morgan fingerprint density at radius 1 is 1.15 bits per heavy atom. The molecule has 3 aliphatic carbocycles. The van der Waals surface area contributed by atoms with E-state index in [1.165, 1.54) is 38.5 Å². The van der Waals surface area contributed by atoms with E-state index in [2.05, 4.69) is 19.9 Å². The first-order valence-electron chi connectivity index (χ1n) is 8.42. The summed E-state index contributed by atoms with van der Waals surface area (Å²) < 4.78 is 5.47. The predicted molar refractivity (Wildman–Crippen MR) is 78.0 cm³/mol. The summed E-state index contributed by atoms with van der Waals surface area (Å²) in [6.07, 6.45) is 11.3. The fourth-order valence-electron chi connectivity index (χ4n) is 5.97. The van der Waals surface area contributed by atoms with E-state index in [9.17, 15) is 4.79 Å². The number of hydrogen-bond acceptors (Lipinski definition) is 2. The van der Waals surface area contributed by atoms with Crippen LogP contribution in [0.15, 0.2) is 11.6 Å². The minimum atomic E-state index is -0.173. The lowest BCUT2D eigenvalue weighted by Gasteiger charge is -2.56. The number of carbonyl (C=O) groups excluding carboxylic acids is 1. The Balaban J connectivity index is 1.70. The van der Waals surface area contributed by atoms with E-state index in [4.69, 9.17) is 4.74 Å². The largest absolute Gasteiger partial charge is 0.465 e. The number of allylic oxidation sites excluding steroid dienone is 2. The first kappa shape index (κ1) is 12.9. The molecule has 0 aromatic carbocycles. The minimum absolute atomic E-state index is 0.0797. The number of rotatable bonds is 0. The molecule has 4 aliphatic rings. The third-order valence-corrected chi connectivity index (χ3v) is 7.28. The molecule has 110 valence electrons. The molecule has 1 aliphatic heterocycles. The van der Waals surface area contributed by atoms with Gasteiger partial charge in [-0.25, -0.2) is 0 Å². The molecular formula is C18H26O2. The Kier molecular flexibility index (Phi) is 2.66. The zero-order chi connectivity index (χ0) is 14.0. The van der Waals surface area contributed by atoms with Crippen LogP contribution in [0.5, 0.6) is 0 Å². The molecular weight excluding hydrogens is 248 g/mol. The van der Waals surface area contributed by atoms with Crippen LogP contribution in [-0.2, 0) is 9.53 Å². The Bertz CT molecular complexity index is 480. The van der Waals surface area contributed by atoms with Crippen molar-refractivity contribution in [3.8, 4) is 0 Å². The molecule has 5 atom stereocenters. The van der Waals surface area contributed by atoms with Gasteiger partial charge in [-0.05, 0) is 69.1 Å². The monoisotopic (exact) mass is 274 g/mol. The van der Waals surface area contributed by atoms with E-state index in [0.717, 1.165) is 12.3 Å². The van der Waals surface area contributed by atoms with Crippen molar-refractivity contribution in [1.29, 1.82) is 0 Å². The molecule has 0 unspecified atom stereocenters. The fraction of sp³-hybridized carbons (Fsp3) is 0.833. The average Bonchev–Trinajstić information content (AvgIpc) is 2.74. The van der Waals surface area contributed by atoms with Gasteiger partial charge in [-0.3, -0.25) is 4.79 Å². The number of esters is 1. The van der Waals surface area contributed by atoms with Crippen LogP contribution in [0.3, 0.4) is 0 Å². The van der Waals surface area contributed by atoms with Crippen LogP contribution in [0.25, 0.3) is 0 Å². The highest BCUT2D eigenvalue weighted by Gasteiger charge is 2.60. The second kappa shape index (κ2) is 4.11. The lowest BCUT2D eigenvalue weighted by molar-refractivity contribution is -0.148. The second-order valence-electron chi connectivity index (χ2n) is 8.01. The summed E-state index contributed by atoms with van der Waals surface area (Å²) in [6, 6.07) is 0. The van der Waals surface area contributed by atoms with Gasteiger partial charge in [-0.1, -0.05) is 18.6 Å². The van der Waals surface area contributed by atoms with Crippen LogP contribution in [-0.4, -0.2) is 12.6 Å². The normalized spacial score (nSPS) is 50.6. The molecule has 0 radical (unpaired) electrons. The molecule has 2 nitrogen and oxygen atoms in total. The van der Waals surface area contributed by atoms with E-state index in [-0.39, 0.29) is 11.4 Å². The number of ether oxygens (including phenoxy) is 1. The van der Waals surface area contributed by atoms with Crippen molar-refractivity contribution in [2.24, 2.45) is 28.6 Å². The molecule has 0 bridgehead atoms. The molecule has 0 aromatic heterocycles. The standard InChI is InChI=1S/C18H26O2/c1-17-9-4-3-5-12(17)6-7-13-14(17)8-10-18(2)15(13)11-20-16(18)19/h5,13-15H,3-4,6-11H2,1-2H3/t13-,14-,15+,17+,18+/m1/s1. The first-order chi connectivity index (χ1) is 9.56. The highest BCUT2D eigenvalue weighted by molar-refractivity contribution is 5.79. The first-order valence-corrected chi connectivity index (χ1v) is 8.42. The highest BCUT2D eigenvalue weighted by Crippen LogP contribution is 2.63. The van der Waals surface area contributed by atoms with Crippen molar-refractivity contribution >= 4 is 5.97 Å². The number of fused-ring (bicyclic) bond motifs is 5. The van der Waals surface area contributed by atoms with Crippen LogP contribution in [0, 0.1) is 28.6 Å². The van der Waals surface area contributed by atoms with Gasteiger partial charge >= 0.3 is 5.97 Å². The molecule has 0 N–H and O–H groups in total. The molecule has 0 spiro atoms. The Labute approximate surface area is 122 Å². The molecule has 1 heterocycles. The lowest BCUT2D eigenvalue weighted by Crippen LogP contribution is -2.50. The maximum Gasteiger partial charge on any atom is 0.312 e. The summed E-state index contributed by atoms with van der Waals surface area (Å²) in [5, 5.41) is 0. The summed E-state index contributed by atoms with van der Waals surface area (Å²) >= 11 is 0. The van der Waals surface area contributed by atoms with Crippen LogP contribution in [0.2, 0.25) is 0 Å². The summed E-state index contributed by atoms with van der Waals surface area (Å²) in [7, 11) is 0. The van der Waals surface area contributed by atoms with Gasteiger partial charge in [0.25, 0.3) is 0 Å². The van der Waals surface area contributed by atoms with Crippen molar-refractivity contribution in [3.63, 3.8) is 0 Å². The van der Waals surface area contributed by atoms with E-state index >= 15 is 0 Å². The lowest BCUT2D eigenvalue weighted by atomic mass is 9.47. The number of cyclic esters (lactones) is 1. The molecule has 0 amide bonds. The zero-order valence-electron chi connectivity index (χ0n) is 12.8. The van der Waals surface area contributed by atoms with E-state index in [1.54, 1.807) is 5.57 Å². The Morgan fingerprint density at radius 3 is 2.85 bits per heavy atom. The molecule has 20 heavy (non-hydrogen) atoms. The molecule has 4 rings (SSSR count). The third kappa shape index (κ3) is 1.48. The number of carbonyl (C=O) groups is 1. The van der Waals surface area contributed by atoms with Gasteiger partial charge in [-0.2, -0.15) is 0 Å². The summed E-state index contributed by atoms with van der Waals surface area (Å²) in [6.45, 7) is 5.36. The van der Waals surface area contributed by atoms with Gasteiger partial charge in [-0.15, -0.1) is 0 Å². The quantitative estimate of drug-likeness (QED) is 0.491. The van der Waals surface area contributed by atoms with Gasteiger partial charge in [0.15, 0.2) is 0 Å². The van der Waals surface area contributed by atoms with Crippen molar-refractivity contribution in [3.05, 3.63) is 11.6 Å². The number of hydrogen-bond donors (Lipinski definition) is 0. The van der Waals surface area contributed by atoms with Crippen LogP contribution >= 0.6 is 0 Å². The predicted octanol–water partition coefficient (Wildman–Crippen LogP) is 4.10. The van der Waals surface area contributed by atoms with Gasteiger partial charge in [0, 0.05) is 5.92 Å². The zero-order valence-corrected chi connectivity index (χ0v) is 12.8. The topological polar surface area (TPSA) is 26.3 Å². The van der Waals surface area contributed by atoms with Crippen LogP contribution in [0.1, 0.15) is 58.8 Å². The average molecular weight is 274 g/mol. The summed E-state index contributed by atoms with van der Waals surface area (Å²) in [5.41, 5.74) is 1.99. The molecule has 3 fully saturated rings. The smallest absolute Gasteiger partial charge is 0.312 e. The van der Waals surface area contributed by atoms with Crippen LogP contribution in [0.4, 0.5) is 0 Å². The molecule has 1 saturated heterocycles.